The van der Waals surface area contributed by atoms with E-state index in [-0.39, 0.29) is 17.5 Å². The second-order valence-corrected chi connectivity index (χ2v) is 8.61. The Balaban J connectivity index is 1.60. The molecule has 0 aliphatic carbocycles. The Kier molecular flexibility index (Phi) is 5.64. The lowest BCUT2D eigenvalue weighted by Crippen LogP contribution is -2.49. The van der Waals surface area contributed by atoms with E-state index < -0.39 is 5.82 Å². The molecule has 2 aromatic heterocycles. The highest BCUT2D eigenvalue weighted by atomic mass is 19.1. The Morgan fingerprint density at radius 1 is 1.15 bits per heavy atom. The predicted octanol–water partition coefficient (Wildman–Crippen LogP) is 4.78. The van der Waals surface area contributed by atoms with E-state index in [9.17, 15) is 4.79 Å². The second kappa shape index (κ2) is 8.75. The molecule has 1 fully saturated rings. The predicted molar refractivity (Wildman–Crippen MR) is 128 cm³/mol. The quantitative estimate of drug-likeness (QED) is 0.476. The molecule has 1 aliphatic heterocycles. The van der Waals surface area contributed by atoms with Gasteiger partial charge in [-0.2, -0.15) is 5.10 Å². The summed E-state index contributed by atoms with van der Waals surface area (Å²) in [5.74, 6) is -0.367. The third-order valence-corrected chi connectivity index (χ3v) is 6.26. The average Bonchev–Trinajstić information content (AvgIpc) is 3.26. The van der Waals surface area contributed by atoms with Crippen LogP contribution >= 0.6 is 0 Å². The molecule has 1 saturated heterocycles. The number of carbonyl (C=O) groups is 1. The van der Waals surface area contributed by atoms with Crippen molar-refractivity contribution in [2.45, 2.75) is 32.7 Å². The molecule has 0 bridgehead atoms. The Morgan fingerprint density at radius 2 is 2.03 bits per heavy atom. The van der Waals surface area contributed by atoms with Crippen LogP contribution in [0.15, 0.2) is 54.7 Å². The van der Waals surface area contributed by atoms with Crippen LogP contribution in [0.3, 0.4) is 0 Å². The monoisotopic (exact) mass is 443 g/mol. The van der Waals surface area contributed by atoms with Gasteiger partial charge >= 0.3 is 0 Å². The zero-order valence-corrected chi connectivity index (χ0v) is 18.7. The van der Waals surface area contributed by atoms with Crippen molar-refractivity contribution in [2.75, 3.05) is 18.0 Å². The fraction of sp³-hybridized carbons (Fsp3) is 0.269. The standard InChI is InChI=1S/C26H26FN5O/c1-16-5-3-6-18-10-12-29-25(24(16)18)32(20-7-4-11-28-15-20)26(33)21-9-8-19(14-22(21)27)23-13-17(2)30-31-23/h3,5-6,8-10,12-14,20,28H,4,7,11,15H2,1-2H3,(H,30,31)/t20-/m1/s1. The first-order valence-electron chi connectivity index (χ1n) is 11.2. The minimum atomic E-state index is -0.566. The lowest BCUT2D eigenvalue weighted by atomic mass is 10.0. The van der Waals surface area contributed by atoms with Crippen LogP contribution in [0.5, 0.6) is 0 Å². The number of carbonyl (C=O) groups excluding carboxylic acids is 1. The molecule has 7 heteroatoms. The molecule has 0 saturated carbocycles. The smallest absolute Gasteiger partial charge is 0.262 e. The van der Waals surface area contributed by atoms with Crippen molar-refractivity contribution in [3.63, 3.8) is 0 Å². The van der Waals surface area contributed by atoms with Crippen LogP contribution in [-0.2, 0) is 0 Å². The maximum absolute atomic E-state index is 15.3. The number of aryl methyl sites for hydroxylation is 2. The number of pyridine rings is 1. The molecule has 2 N–H and O–H groups in total. The number of aromatic amines is 1. The minimum absolute atomic E-state index is 0.0315. The number of aromatic nitrogens is 3. The summed E-state index contributed by atoms with van der Waals surface area (Å²) in [7, 11) is 0. The van der Waals surface area contributed by atoms with Crippen molar-refractivity contribution in [3.8, 4) is 11.3 Å². The molecule has 168 valence electrons. The molecule has 0 unspecified atom stereocenters. The maximum atomic E-state index is 15.3. The van der Waals surface area contributed by atoms with E-state index in [1.54, 1.807) is 23.2 Å². The number of H-pyrrole nitrogens is 1. The zero-order chi connectivity index (χ0) is 22.9. The highest BCUT2D eigenvalue weighted by Crippen LogP contribution is 2.32. The molecule has 2 aromatic carbocycles. The average molecular weight is 444 g/mol. The SMILES string of the molecule is Cc1cc(-c2ccc(C(=O)N(c3nccc4cccc(C)c34)[C@@H]3CCCNC3)c(F)c2)n[nH]1. The molecule has 33 heavy (non-hydrogen) atoms. The summed E-state index contributed by atoms with van der Waals surface area (Å²) >= 11 is 0. The van der Waals surface area contributed by atoms with E-state index in [1.807, 2.05) is 44.2 Å². The summed E-state index contributed by atoms with van der Waals surface area (Å²) in [6.07, 6.45) is 3.49. The molecule has 4 aromatic rings. The van der Waals surface area contributed by atoms with Gasteiger partial charge < -0.3 is 5.32 Å². The fourth-order valence-corrected chi connectivity index (χ4v) is 4.60. The second-order valence-electron chi connectivity index (χ2n) is 8.61. The van der Waals surface area contributed by atoms with Gasteiger partial charge in [0.05, 0.1) is 17.3 Å². The normalized spacial score (nSPS) is 16.2. The Hall–Kier alpha value is -3.58. The largest absolute Gasteiger partial charge is 0.315 e. The number of fused-ring (bicyclic) bond motifs is 1. The summed E-state index contributed by atoms with van der Waals surface area (Å²) in [6.45, 7) is 5.45. The van der Waals surface area contributed by atoms with Crippen LogP contribution in [0.2, 0.25) is 0 Å². The van der Waals surface area contributed by atoms with Gasteiger partial charge in [-0.25, -0.2) is 9.37 Å². The van der Waals surface area contributed by atoms with E-state index in [0.29, 0.717) is 23.6 Å². The molecule has 0 radical (unpaired) electrons. The highest BCUT2D eigenvalue weighted by molar-refractivity contribution is 6.11. The molecule has 6 nitrogen and oxygen atoms in total. The molecule has 1 amide bonds. The van der Waals surface area contributed by atoms with Crippen molar-refractivity contribution in [1.29, 1.82) is 0 Å². The van der Waals surface area contributed by atoms with Gasteiger partial charge in [0.2, 0.25) is 0 Å². The topological polar surface area (TPSA) is 73.9 Å². The summed E-state index contributed by atoms with van der Waals surface area (Å²) in [6, 6.07) is 14.4. The number of hydrogen-bond donors (Lipinski definition) is 2. The van der Waals surface area contributed by atoms with Crippen molar-refractivity contribution in [2.24, 2.45) is 0 Å². The van der Waals surface area contributed by atoms with E-state index in [0.717, 1.165) is 41.4 Å². The van der Waals surface area contributed by atoms with Gasteiger partial charge in [-0.1, -0.05) is 24.3 Å². The van der Waals surface area contributed by atoms with Gasteiger partial charge in [0.25, 0.3) is 5.91 Å². The third-order valence-electron chi connectivity index (χ3n) is 6.26. The lowest BCUT2D eigenvalue weighted by Gasteiger charge is -2.35. The summed E-state index contributed by atoms with van der Waals surface area (Å²) in [4.78, 5) is 20.2. The van der Waals surface area contributed by atoms with E-state index >= 15 is 4.39 Å². The van der Waals surface area contributed by atoms with Crippen LogP contribution in [-0.4, -0.2) is 40.2 Å². The van der Waals surface area contributed by atoms with E-state index in [2.05, 4.69) is 20.5 Å². The number of benzene rings is 2. The van der Waals surface area contributed by atoms with Gasteiger partial charge in [-0.3, -0.25) is 14.8 Å². The first kappa shape index (κ1) is 21.3. The summed E-state index contributed by atoms with van der Waals surface area (Å²) in [5.41, 5.74) is 3.22. The molecule has 1 aliphatic rings. The molecule has 3 heterocycles. The molecule has 1 atom stereocenters. The van der Waals surface area contributed by atoms with Crippen molar-refractivity contribution in [3.05, 3.63) is 77.4 Å². The molecule has 0 spiro atoms. The number of rotatable bonds is 4. The van der Waals surface area contributed by atoms with Crippen molar-refractivity contribution >= 4 is 22.5 Å². The van der Waals surface area contributed by atoms with Gasteiger partial charge in [-0.05, 0) is 68.4 Å². The number of halogens is 1. The Bertz CT molecular complexity index is 1320. The van der Waals surface area contributed by atoms with Gasteiger partial charge in [-0.15, -0.1) is 0 Å². The Labute approximate surface area is 191 Å². The maximum Gasteiger partial charge on any atom is 0.262 e. The zero-order valence-electron chi connectivity index (χ0n) is 18.7. The summed E-state index contributed by atoms with van der Waals surface area (Å²) < 4.78 is 15.3. The highest BCUT2D eigenvalue weighted by Gasteiger charge is 2.31. The van der Waals surface area contributed by atoms with Crippen LogP contribution in [0, 0.1) is 19.7 Å². The lowest BCUT2D eigenvalue weighted by molar-refractivity contribution is 0.0968. The van der Waals surface area contributed by atoms with Crippen LogP contribution in [0.25, 0.3) is 22.0 Å². The van der Waals surface area contributed by atoms with E-state index in [4.69, 9.17) is 0 Å². The number of nitrogens with zero attached hydrogens (tertiary/aromatic N) is 3. The van der Waals surface area contributed by atoms with E-state index in [1.165, 1.54) is 6.07 Å². The van der Waals surface area contributed by atoms with Crippen LogP contribution < -0.4 is 10.2 Å². The Morgan fingerprint density at radius 3 is 2.76 bits per heavy atom. The van der Waals surface area contributed by atoms with Gasteiger partial charge in [0.15, 0.2) is 0 Å². The van der Waals surface area contributed by atoms with Crippen LogP contribution in [0.1, 0.15) is 34.5 Å². The van der Waals surface area contributed by atoms with Gasteiger partial charge in [0, 0.05) is 29.4 Å². The molecular weight excluding hydrogens is 417 g/mol. The number of anilines is 1. The molecular formula is C26H26FN5O. The van der Waals surface area contributed by atoms with Crippen molar-refractivity contribution < 1.29 is 9.18 Å². The first-order chi connectivity index (χ1) is 16.0. The third kappa shape index (κ3) is 4.00. The number of piperidine rings is 1. The van der Waals surface area contributed by atoms with Gasteiger partial charge in [0.1, 0.15) is 11.6 Å². The number of amides is 1. The minimum Gasteiger partial charge on any atom is -0.315 e. The first-order valence-corrected chi connectivity index (χ1v) is 11.2. The number of nitrogens with one attached hydrogen (secondary N) is 2. The summed E-state index contributed by atoms with van der Waals surface area (Å²) in [5, 5.41) is 12.4. The van der Waals surface area contributed by atoms with Crippen LogP contribution in [0.4, 0.5) is 10.2 Å². The number of hydrogen-bond acceptors (Lipinski definition) is 4. The van der Waals surface area contributed by atoms with Crippen molar-refractivity contribution in [1.82, 2.24) is 20.5 Å². The fourth-order valence-electron chi connectivity index (χ4n) is 4.60. The molecule has 5 rings (SSSR count).